The van der Waals surface area contributed by atoms with Crippen molar-refractivity contribution in [1.82, 2.24) is 4.57 Å². The van der Waals surface area contributed by atoms with Gasteiger partial charge in [0.1, 0.15) is 12.4 Å². The molecule has 0 aliphatic carbocycles. The van der Waals surface area contributed by atoms with Crippen molar-refractivity contribution in [2.45, 2.75) is 26.5 Å². The number of hydrogen-bond donors (Lipinski definition) is 0. The van der Waals surface area contributed by atoms with Crippen molar-refractivity contribution in [2.75, 3.05) is 0 Å². The van der Waals surface area contributed by atoms with Crippen LogP contribution in [0.5, 0.6) is 0 Å². The predicted molar refractivity (Wildman–Crippen MR) is 138 cm³/mol. The third-order valence-corrected chi connectivity index (χ3v) is 7.00. The Balaban J connectivity index is 1.61. The fourth-order valence-electron chi connectivity index (χ4n) is 4.16. The zero-order chi connectivity index (χ0) is 25.2. The Labute approximate surface area is 211 Å². The first-order valence-corrected chi connectivity index (χ1v) is 12.3. The van der Waals surface area contributed by atoms with Crippen LogP contribution in [0.25, 0.3) is 6.08 Å². The SMILES string of the molecule is CC1=C(C(=O)OCc2ccccc2)[C@H](c2ccc(F)cc2)n2c(s/c(=C/c3ccc(C)cc3)c2=O)=N1. The molecule has 1 aliphatic rings. The van der Waals surface area contributed by atoms with Crippen LogP contribution in [0.4, 0.5) is 4.39 Å². The van der Waals surface area contributed by atoms with Crippen LogP contribution in [-0.4, -0.2) is 10.5 Å². The van der Waals surface area contributed by atoms with E-state index in [0.29, 0.717) is 20.6 Å². The average molecular weight is 499 g/mol. The monoisotopic (exact) mass is 498 g/mol. The van der Waals surface area contributed by atoms with Crippen molar-refractivity contribution in [3.05, 3.63) is 138 Å². The first-order chi connectivity index (χ1) is 17.4. The van der Waals surface area contributed by atoms with Crippen LogP contribution in [0.2, 0.25) is 0 Å². The highest BCUT2D eigenvalue weighted by atomic mass is 32.1. The molecule has 0 N–H and O–H groups in total. The number of hydrogen-bond acceptors (Lipinski definition) is 5. The molecule has 0 fully saturated rings. The Morgan fingerprint density at radius 1 is 1.03 bits per heavy atom. The Hall–Kier alpha value is -4.10. The van der Waals surface area contributed by atoms with E-state index in [0.717, 1.165) is 16.7 Å². The molecule has 1 aromatic heterocycles. The van der Waals surface area contributed by atoms with Gasteiger partial charge in [0.25, 0.3) is 5.56 Å². The van der Waals surface area contributed by atoms with Crippen LogP contribution in [0.15, 0.2) is 99.9 Å². The summed E-state index contributed by atoms with van der Waals surface area (Å²) in [6, 6.07) is 22.2. The smallest absolute Gasteiger partial charge is 0.338 e. The van der Waals surface area contributed by atoms with Gasteiger partial charge in [0.05, 0.1) is 21.8 Å². The number of ether oxygens (including phenoxy) is 1. The third-order valence-electron chi connectivity index (χ3n) is 6.02. The highest BCUT2D eigenvalue weighted by Gasteiger charge is 2.33. The second-order valence-corrected chi connectivity index (χ2v) is 9.61. The van der Waals surface area contributed by atoms with Gasteiger partial charge in [-0.05, 0) is 48.7 Å². The number of thiazole rings is 1. The van der Waals surface area contributed by atoms with Crippen LogP contribution >= 0.6 is 11.3 Å². The molecule has 1 atom stereocenters. The number of halogens is 1. The molecule has 0 bridgehead atoms. The molecule has 0 radical (unpaired) electrons. The van der Waals surface area contributed by atoms with Gasteiger partial charge >= 0.3 is 5.97 Å². The first-order valence-electron chi connectivity index (χ1n) is 11.5. The van der Waals surface area contributed by atoms with E-state index in [1.165, 1.54) is 28.0 Å². The molecule has 36 heavy (non-hydrogen) atoms. The molecule has 1 aliphatic heterocycles. The second kappa shape index (κ2) is 9.87. The molecule has 7 heteroatoms. The van der Waals surface area contributed by atoms with E-state index in [-0.39, 0.29) is 17.7 Å². The summed E-state index contributed by atoms with van der Waals surface area (Å²) < 4.78 is 21.4. The average Bonchev–Trinajstić information content (AvgIpc) is 3.18. The lowest BCUT2D eigenvalue weighted by atomic mass is 9.96. The molecule has 0 spiro atoms. The molecule has 180 valence electrons. The number of aryl methyl sites for hydroxylation is 1. The fourth-order valence-corrected chi connectivity index (χ4v) is 5.20. The quantitative estimate of drug-likeness (QED) is 0.383. The van der Waals surface area contributed by atoms with Gasteiger partial charge in [-0.15, -0.1) is 0 Å². The lowest BCUT2D eigenvalue weighted by molar-refractivity contribution is -0.140. The number of benzene rings is 3. The van der Waals surface area contributed by atoms with Crippen molar-refractivity contribution >= 4 is 23.4 Å². The van der Waals surface area contributed by atoms with E-state index in [4.69, 9.17) is 4.74 Å². The molecule has 3 aromatic carbocycles. The Morgan fingerprint density at radius 2 is 1.72 bits per heavy atom. The van der Waals surface area contributed by atoms with E-state index >= 15 is 0 Å². The summed E-state index contributed by atoms with van der Waals surface area (Å²) in [5.74, 6) is -0.971. The molecule has 0 saturated heterocycles. The van der Waals surface area contributed by atoms with Crippen molar-refractivity contribution in [3.63, 3.8) is 0 Å². The maximum atomic E-state index is 13.8. The molecule has 0 amide bonds. The van der Waals surface area contributed by atoms with Crippen LogP contribution in [0, 0.1) is 12.7 Å². The van der Waals surface area contributed by atoms with Gasteiger partial charge in [-0.3, -0.25) is 9.36 Å². The summed E-state index contributed by atoms with van der Waals surface area (Å²) >= 11 is 1.26. The Kier molecular flexibility index (Phi) is 6.48. The molecule has 5 rings (SSSR count). The predicted octanol–water partition coefficient (Wildman–Crippen LogP) is 4.43. The van der Waals surface area contributed by atoms with E-state index in [1.54, 1.807) is 19.1 Å². The minimum atomic E-state index is -0.787. The zero-order valence-corrected chi connectivity index (χ0v) is 20.6. The normalized spacial score (nSPS) is 15.4. The zero-order valence-electron chi connectivity index (χ0n) is 19.8. The number of rotatable bonds is 5. The minimum Gasteiger partial charge on any atom is -0.457 e. The standard InChI is InChI=1S/C29H23FN2O3S/c1-18-8-10-20(11-9-18)16-24-27(33)32-26(22-12-14-23(30)15-13-22)25(19(2)31-29(32)36-24)28(34)35-17-21-6-4-3-5-7-21/h3-16,26H,17H2,1-2H3/b24-16+/t26-/m0/s1. The molecule has 5 nitrogen and oxygen atoms in total. The summed E-state index contributed by atoms with van der Waals surface area (Å²) in [7, 11) is 0. The fraction of sp³-hybridized carbons (Fsp3) is 0.138. The molecule has 0 saturated carbocycles. The summed E-state index contributed by atoms with van der Waals surface area (Å²) in [5.41, 5.74) is 3.91. The summed E-state index contributed by atoms with van der Waals surface area (Å²) in [4.78, 5) is 32.0. The molecule has 0 unspecified atom stereocenters. The number of fused-ring (bicyclic) bond motifs is 1. The van der Waals surface area contributed by atoms with Gasteiger partial charge in [0.2, 0.25) is 0 Å². The second-order valence-electron chi connectivity index (χ2n) is 8.61. The number of aromatic nitrogens is 1. The van der Waals surface area contributed by atoms with Crippen molar-refractivity contribution in [3.8, 4) is 0 Å². The molecular weight excluding hydrogens is 475 g/mol. The van der Waals surface area contributed by atoms with E-state index in [2.05, 4.69) is 4.99 Å². The molecule has 4 aromatic rings. The Bertz CT molecular complexity index is 1630. The number of esters is 1. The lowest BCUT2D eigenvalue weighted by Crippen LogP contribution is -2.39. The van der Waals surface area contributed by atoms with Gasteiger partial charge in [0, 0.05) is 0 Å². The summed E-state index contributed by atoms with van der Waals surface area (Å²) in [6.07, 6.45) is 1.82. The van der Waals surface area contributed by atoms with Gasteiger partial charge < -0.3 is 4.74 Å². The van der Waals surface area contributed by atoms with E-state index in [9.17, 15) is 14.0 Å². The van der Waals surface area contributed by atoms with Crippen LogP contribution in [0.3, 0.4) is 0 Å². The highest BCUT2D eigenvalue weighted by molar-refractivity contribution is 7.07. The van der Waals surface area contributed by atoms with E-state index in [1.807, 2.05) is 67.6 Å². The first kappa shape index (κ1) is 23.6. The van der Waals surface area contributed by atoms with Gasteiger partial charge in [-0.2, -0.15) is 0 Å². The summed E-state index contributed by atoms with van der Waals surface area (Å²) in [6.45, 7) is 3.82. The Morgan fingerprint density at radius 3 is 2.42 bits per heavy atom. The number of carbonyl (C=O) groups is 1. The highest BCUT2D eigenvalue weighted by Crippen LogP contribution is 2.31. The van der Waals surface area contributed by atoms with Crippen molar-refractivity contribution in [1.29, 1.82) is 0 Å². The van der Waals surface area contributed by atoms with Gasteiger partial charge in [-0.1, -0.05) is 83.6 Å². The van der Waals surface area contributed by atoms with Crippen LogP contribution in [-0.2, 0) is 16.1 Å². The lowest BCUT2D eigenvalue weighted by Gasteiger charge is -2.24. The van der Waals surface area contributed by atoms with Crippen LogP contribution < -0.4 is 14.9 Å². The van der Waals surface area contributed by atoms with Crippen LogP contribution in [0.1, 0.15) is 35.2 Å². The minimum absolute atomic E-state index is 0.0877. The third kappa shape index (κ3) is 4.70. The molecule has 2 heterocycles. The molecular formula is C29H23FN2O3S. The summed E-state index contributed by atoms with van der Waals surface area (Å²) in [5, 5.41) is 0. The number of carbonyl (C=O) groups excluding carboxylic acids is 1. The maximum Gasteiger partial charge on any atom is 0.338 e. The van der Waals surface area contributed by atoms with Gasteiger partial charge in [0.15, 0.2) is 4.80 Å². The van der Waals surface area contributed by atoms with Crippen molar-refractivity contribution in [2.24, 2.45) is 4.99 Å². The van der Waals surface area contributed by atoms with E-state index < -0.39 is 17.8 Å². The number of allylic oxidation sites excluding steroid dienone is 1. The van der Waals surface area contributed by atoms with Gasteiger partial charge in [-0.25, -0.2) is 14.2 Å². The topological polar surface area (TPSA) is 60.7 Å². The largest absolute Gasteiger partial charge is 0.457 e. The number of nitrogens with zero attached hydrogens (tertiary/aromatic N) is 2. The maximum absolute atomic E-state index is 13.8. The van der Waals surface area contributed by atoms with Crippen molar-refractivity contribution < 1.29 is 13.9 Å².